The largest absolute Gasteiger partial charge is 0.379 e. The third kappa shape index (κ3) is 4.76. The minimum Gasteiger partial charge on any atom is -0.379 e. The van der Waals surface area contributed by atoms with Crippen LogP contribution in [0.1, 0.15) is 18.5 Å². The van der Waals surface area contributed by atoms with Crippen LogP contribution in [0, 0.1) is 0 Å². The van der Waals surface area contributed by atoms with E-state index in [9.17, 15) is 8.42 Å². The molecule has 1 aromatic heterocycles. The predicted octanol–water partition coefficient (Wildman–Crippen LogP) is 1.83. The summed E-state index contributed by atoms with van der Waals surface area (Å²) in [6, 6.07) is 8.55. The molecule has 1 atom stereocenters. The van der Waals surface area contributed by atoms with Gasteiger partial charge in [-0.05, 0) is 32.6 Å². The topological polar surface area (TPSA) is 67.7 Å². The van der Waals surface area contributed by atoms with E-state index in [0.717, 1.165) is 11.4 Å². The quantitative estimate of drug-likeness (QED) is 0.719. The van der Waals surface area contributed by atoms with Crippen molar-refractivity contribution in [3.05, 3.63) is 42.2 Å². The van der Waals surface area contributed by atoms with Gasteiger partial charge in [-0.1, -0.05) is 18.2 Å². The van der Waals surface area contributed by atoms with E-state index in [0.29, 0.717) is 32.8 Å². The van der Waals surface area contributed by atoms with Crippen LogP contribution in [0.2, 0.25) is 0 Å². The van der Waals surface area contributed by atoms with Crippen molar-refractivity contribution >= 4 is 10.0 Å². The molecule has 1 fully saturated rings. The van der Waals surface area contributed by atoms with Crippen molar-refractivity contribution in [2.45, 2.75) is 19.5 Å². The Balaban J connectivity index is 1.75. The van der Waals surface area contributed by atoms with Crippen molar-refractivity contribution in [3.8, 4) is 11.4 Å². The Morgan fingerprint density at radius 3 is 2.70 bits per heavy atom. The number of morpholine rings is 1. The molecule has 27 heavy (non-hydrogen) atoms. The molecule has 2 heterocycles. The van der Waals surface area contributed by atoms with Gasteiger partial charge in [0.2, 0.25) is 10.0 Å². The van der Waals surface area contributed by atoms with Crippen molar-refractivity contribution in [2.75, 3.05) is 46.2 Å². The second-order valence-electron chi connectivity index (χ2n) is 7.04. The molecule has 2 aromatic rings. The molecular formula is C19H28N4O3S. The first-order chi connectivity index (χ1) is 12.9. The molecule has 0 amide bonds. The average molecular weight is 393 g/mol. The van der Waals surface area contributed by atoms with Gasteiger partial charge in [-0.2, -0.15) is 4.31 Å². The summed E-state index contributed by atoms with van der Waals surface area (Å²) in [5, 5.41) is 0. The Kier molecular flexibility index (Phi) is 6.31. The van der Waals surface area contributed by atoms with Gasteiger partial charge in [-0.25, -0.2) is 13.4 Å². The SMILES string of the molecule is CC(c1cccc(-c2nccn2CCS(=O)(=O)N2CCOCC2)c1)N(C)C. The van der Waals surface area contributed by atoms with Gasteiger partial charge in [0, 0.05) is 43.6 Å². The molecule has 1 saturated heterocycles. The van der Waals surface area contributed by atoms with Crippen LogP contribution >= 0.6 is 0 Å². The summed E-state index contributed by atoms with van der Waals surface area (Å²) < 4.78 is 33.8. The molecule has 3 rings (SSSR count). The normalized spacial score (nSPS) is 17.3. The predicted molar refractivity (Wildman–Crippen MR) is 106 cm³/mol. The maximum absolute atomic E-state index is 12.6. The standard InChI is InChI=1S/C19H28N4O3S/c1-16(21(2)3)17-5-4-6-18(15-17)19-20-7-8-22(19)11-14-27(24,25)23-9-12-26-13-10-23/h4-8,15-16H,9-14H2,1-3H3. The summed E-state index contributed by atoms with van der Waals surface area (Å²) in [7, 11) is 0.808. The van der Waals surface area contributed by atoms with Crippen LogP contribution in [0.5, 0.6) is 0 Å². The Bertz CT molecular complexity index is 857. The second-order valence-corrected chi connectivity index (χ2v) is 9.13. The Morgan fingerprint density at radius 2 is 2.00 bits per heavy atom. The van der Waals surface area contributed by atoms with E-state index in [2.05, 4.69) is 43.0 Å². The van der Waals surface area contributed by atoms with Gasteiger partial charge in [-0.15, -0.1) is 0 Å². The fraction of sp³-hybridized carbons (Fsp3) is 0.526. The van der Waals surface area contributed by atoms with Crippen molar-refractivity contribution in [3.63, 3.8) is 0 Å². The monoisotopic (exact) mass is 392 g/mol. The highest BCUT2D eigenvalue weighted by molar-refractivity contribution is 7.89. The zero-order valence-corrected chi connectivity index (χ0v) is 17.0. The second kappa shape index (κ2) is 8.52. The number of aromatic nitrogens is 2. The smallest absolute Gasteiger partial charge is 0.216 e. The zero-order chi connectivity index (χ0) is 19.4. The van der Waals surface area contributed by atoms with Crippen LogP contribution in [-0.2, 0) is 21.3 Å². The maximum Gasteiger partial charge on any atom is 0.216 e. The van der Waals surface area contributed by atoms with Crippen LogP contribution in [0.4, 0.5) is 0 Å². The molecule has 0 radical (unpaired) electrons. The fourth-order valence-electron chi connectivity index (χ4n) is 3.15. The third-order valence-corrected chi connectivity index (χ3v) is 6.92. The lowest BCUT2D eigenvalue weighted by Gasteiger charge is -2.26. The van der Waals surface area contributed by atoms with E-state index in [1.54, 1.807) is 6.20 Å². The van der Waals surface area contributed by atoms with E-state index < -0.39 is 10.0 Å². The summed E-state index contributed by atoms with van der Waals surface area (Å²) in [6.07, 6.45) is 3.56. The summed E-state index contributed by atoms with van der Waals surface area (Å²) >= 11 is 0. The Morgan fingerprint density at radius 1 is 1.26 bits per heavy atom. The lowest BCUT2D eigenvalue weighted by molar-refractivity contribution is 0.0730. The zero-order valence-electron chi connectivity index (χ0n) is 16.2. The average Bonchev–Trinajstić information content (AvgIpc) is 3.15. The van der Waals surface area contributed by atoms with Crippen molar-refractivity contribution in [1.29, 1.82) is 0 Å². The number of hydrogen-bond donors (Lipinski definition) is 0. The molecule has 8 heteroatoms. The Labute approximate surface area is 161 Å². The molecule has 1 aliphatic rings. The van der Waals surface area contributed by atoms with Crippen molar-refractivity contribution in [1.82, 2.24) is 18.8 Å². The van der Waals surface area contributed by atoms with Crippen LogP contribution < -0.4 is 0 Å². The molecule has 1 unspecified atom stereocenters. The number of sulfonamides is 1. The number of imidazole rings is 1. The van der Waals surface area contributed by atoms with Crippen molar-refractivity contribution in [2.24, 2.45) is 0 Å². The maximum atomic E-state index is 12.6. The first-order valence-corrected chi connectivity index (χ1v) is 10.8. The van der Waals surface area contributed by atoms with E-state index in [1.807, 2.05) is 22.9 Å². The molecule has 0 N–H and O–H groups in total. The number of ether oxygens (including phenoxy) is 1. The van der Waals surface area contributed by atoms with Crippen LogP contribution in [-0.4, -0.2) is 73.3 Å². The van der Waals surface area contributed by atoms with E-state index in [-0.39, 0.29) is 11.8 Å². The molecule has 1 aromatic carbocycles. The number of hydrogen-bond acceptors (Lipinski definition) is 5. The summed E-state index contributed by atoms with van der Waals surface area (Å²) in [6.45, 7) is 4.33. The van der Waals surface area contributed by atoms with Gasteiger partial charge in [0.1, 0.15) is 5.82 Å². The number of benzene rings is 1. The van der Waals surface area contributed by atoms with Gasteiger partial charge in [-0.3, -0.25) is 0 Å². The number of rotatable bonds is 7. The lowest BCUT2D eigenvalue weighted by Crippen LogP contribution is -2.42. The summed E-state index contributed by atoms with van der Waals surface area (Å²) in [5.41, 5.74) is 2.20. The van der Waals surface area contributed by atoms with Gasteiger partial charge < -0.3 is 14.2 Å². The molecule has 0 spiro atoms. The van der Waals surface area contributed by atoms with Crippen LogP contribution in [0.3, 0.4) is 0 Å². The lowest BCUT2D eigenvalue weighted by atomic mass is 10.0. The van der Waals surface area contributed by atoms with E-state index in [4.69, 9.17) is 4.74 Å². The minimum absolute atomic E-state index is 0.0597. The fourth-order valence-corrected chi connectivity index (χ4v) is 4.54. The van der Waals surface area contributed by atoms with Crippen LogP contribution in [0.15, 0.2) is 36.7 Å². The first-order valence-electron chi connectivity index (χ1n) is 9.22. The molecule has 0 saturated carbocycles. The van der Waals surface area contributed by atoms with Gasteiger partial charge in [0.25, 0.3) is 0 Å². The molecule has 7 nitrogen and oxygen atoms in total. The highest BCUT2D eigenvalue weighted by Gasteiger charge is 2.24. The third-order valence-electron chi connectivity index (χ3n) is 5.07. The first kappa shape index (κ1) is 20.0. The van der Waals surface area contributed by atoms with Gasteiger partial charge in [0.15, 0.2) is 0 Å². The molecule has 0 aliphatic carbocycles. The molecular weight excluding hydrogens is 364 g/mol. The summed E-state index contributed by atoms with van der Waals surface area (Å²) in [5.74, 6) is 0.851. The Hall–Kier alpha value is -1.74. The van der Waals surface area contributed by atoms with Gasteiger partial charge >= 0.3 is 0 Å². The van der Waals surface area contributed by atoms with E-state index in [1.165, 1.54) is 9.87 Å². The number of aryl methyl sites for hydroxylation is 1. The molecule has 0 bridgehead atoms. The highest BCUT2D eigenvalue weighted by Crippen LogP contribution is 2.24. The van der Waals surface area contributed by atoms with E-state index >= 15 is 0 Å². The highest BCUT2D eigenvalue weighted by atomic mass is 32.2. The summed E-state index contributed by atoms with van der Waals surface area (Å²) in [4.78, 5) is 6.62. The van der Waals surface area contributed by atoms with Crippen molar-refractivity contribution < 1.29 is 13.2 Å². The molecule has 148 valence electrons. The van der Waals surface area contributed by atoms with Crippen LogP contribution in [0.25, 0.3) is 11.4 Å². The number of nitrogens with zero attached hydrogens (tertiary/aromatic N) is 4. The minimum atomic E-state index is -3.29. The molecule has 1 aliphatic heterocycles. The van der Waals surface area contributed by atoms with Gasteiger partial charge in [0.05, 0.1) is 19.0 Å².